The van der Waals surface area contributed by atoms with Crippen molar-refractivity contribution in [2.75, 3.05) is 11.9 Å². The molecule has 4 heteroatoms. The monoisotopic (exact) mass is 316 g/mol. The minimum Gasteiger partial charge on any atom is -0.307 e. The van der Waals surface area contributed by atoms with E-state index in [-0.39, 0.29) is 11.9 Å². The van der Waals surface area contributed by atoms with Crippen molar-refractivity contribution in [1.29, 1.82) is 0 Å². The summed E-state index contributed by atoms with van der Waals surface area (Å²) >= 11 is 0. The van der Waals surface area contributed by atoms with Gasteiger partial charge in [0, 0.05) is 18.7 Å². The number of urea groups is 1. The molecule has 0 aliphatic carbocycles. The molecule has 2 rings (SSSR count). The Morgan fingerprint density at radius 3 is 2.04 bits per heavy atom. The van der Waals surface area contributed by atoms with Crippen molar-refractivity contribution in [1.82, 2.24) is 4.90 Å². The van der Waals surface area contributed by atoms with Crippen molar-refractivity contribution < 1.29 is 9.59 Å². The number of hydrogen-bond donors (Lipinski definition) is 1. The fraction of sp³-hybridized carbons (Fsp3) is 0.579. The first kappa shape index (κ1) is 17.5. The number of hydrogen-bond acceptors (Lipinski definition) is 2. The molecule has 0 unspecified atom stereocenters. The van der Waals surface area contributed by atoms with Gasteiger partial charge in [0.15, 0.2) is 0 Å². The number of rotatable bonds is 1. The van der Waals surface area contributed by atoms with Gasteiger partial charge in [0.2, 0.25) is 5.91 Å². The van der Waals surface area contributed by atoms with E-state index in [1.807, 2.05) is 30.3 Å². The summed E-state index contributed by atoms with van der Waals surface area (Å²) in [5.41, 5.74) is 0.730. The Morgan fingerprint density at radius 2 is 1.39 bits per heavy atom. The molecular formula is C19H28N2O2. The van der Waals surface area contributed by atoms with Crippen LogP contribution < -0.4 is 5.32 Å². The number of anilines is 1. The molecule has 3 amide bonds. The first-order chi connectivity index (χ1) is 11.3. The van der Waals surface area contributed by atoms with E-state index in [9.17, 15) is 9.59 Å². The minimum absolute atomic E-state index is 0.0438. The number of carbonyl (C=O) groups excluding carboxylic acids is 2. The lowest BCUT2D eigenvalue weighted by Gasteiger charge is -2.21. The van der Waals surface area contributed by atoms with E-state index in [1.165, 1.54) is 37.0 Å². The molecule has 1 aliphatic rings. The summed E-state index contributed by atoms with van der Waals surface area (Å²) in [5, 5.41) is 2.83. The zero-order valence-electron chi connectivity index (χ0n) is 13.9. The van der Waals surface area contributed by atoms with E-state index >= 15 is 0 Å². The number of benzene rings is 1. The van der Waals surface area contributed by atoms with Gasteiger partial charge < -0.3 is 5.32 Å². The highest BCUT2D eigenvalue weighted by atomic mass is 16.2. The summed E-state index contributed by atoms with van der Waals surface area (Å²) in [4.78, 5) is 26.3. The second-order valence-corrected chi connectivity index (χ2v) is 6.27. The molecule has 1 N–H and O–H groups in total. The fourth-order valence-corrected chi connectivity index (χ4v) is 2.97. The number of imide groups is 1. The normalized spacial score (nSPS) is 18.4. The maximum atomic E-state index is 12.5. The molecule has 0 bridgehead atoms. The van der Waals surface area contributed by atoms with Gasteiger partial charge in [-0.2, -0.15) is 0 Å². The summed E-state index contributed by atoms with van der Waals surface area (Å²) in [6, 6.07) is 9.02. The lowest BCUT2D eigenvalue weighted by atomic mass is 10.1. The fourth-order valence-electron chi connectivity index (χ4n) is 2.97. The first-order valence-corrected chi connectivity index (χ1v) is 8.94. The molecular weight excluding hydrogens is 288 g/mol. The summed E-state index contributed by atoms with van der Waals surface area (Å²) in [7, 11) is 0. The van der Waals surface area contributed by atoms with Crippen LogP contribution in [0.1, 0.15) is 64.2 Å². The van der Waals surface area contributed by atoms with E-state index < -0.39 is 0 Å². The Balaban J connectivity index is 1.95. The third-order valence-corrected chi connectivity index (χ3v) is 4.34. The van der Waals surface area contributed by atoms with Crippen molar-refractivity contribution in [3.8, 4) is 0 Å². The molecule has 1 saturated heterocycles. The van der Waals surface area contributed by atoms with Crippen LogP contribution in [0.4, 0.5) is 10.5 Å². The Labute approximate surface area is 139 Å². The van der Waals surface area contributed by atoms with Gasteiger partial charge in [0.1, 0.15) is 0 Å². The smallest absolute Gasteiger partial charge is 0.307 e. The van der Waals surface area contributed by atoms with Gasteiger partial charge in [0.25, 0.3) is 0 Å². The van der Waals surface area contributed by atoms with Gasteiger partial charge in [-0.05, 0) is 25.0 Å². The molecule has 4 nitrogen and oxygen atoms in total. The average Bonchev–Trinajstić information content (AvgIpc) is 2.58. The lowest BCUT2D eigenvalue weighted by Crippen LogP contribution is -2.40. The number of amides is 3. The standard InChI is InChI=1S/C19H28N2O2/c22-18-15-11-6-4-2-1-3-5-7-12-16-21(18)19(23)20-17-13-9-8-10-14-17/h8-10,13-14H,1-7,11-12,15-16H2,(H,20,23). The Hall–Kier alpha value is -1.84. The van der Waals surface area contributed by atoms with Crippen molar-refractivity contribution in [2.24, 2.45) is 0 Å². The Morgan fingerprint density at radius 1 is 0.826 bits per heavy atom. The van der Waals surface area contributed by atoms with Crippen LogP contribution in [-0.4, -0.2) is 23.4 Å². The van der Waals surface area contributed by atoms with Gasteiger partial charge in [-0.25, -0.2) is 4.79 Å². The molecule has 126 valence electrons. The van der Waals surface area contributed by atoms with Crippen LogP contribution >= 0.6 is 0 Å². The third-order valence-electron chi connectivity index (χ3n) is 4.34. The second-order valence-electron chi connectivity index (χ2n) is 6.27. The van der Waals surface area contributed by atoms with Crippen molar-refractivity contribution in [3.05, 3.63) is 30.3 Å². The summed E-state index contributed by atoms with van der Waals surface area (Å²) < 4.78 is 0. The molecule has 0 saturated carbocycles. The molecule has 0 aromatic heterocycles. The van der Waals surface area contributed by atoms with Gasteiger partial charge >= 0.3 is 6.03 Å². The molecule has 1 aromatic rings. The van der Waals surface area contributed by atoms with Crippen LogP contribution in [0.3, 0.4) is 0 Å². The average molecular weight is 316 g/mol. The number of nitrogens with zero attached hydrogens (tertiary/aromatic N) is 1. The van der Waals surface area contributed by atoms with Crippen LogP contribution in [0.2, 0.25) is 0 Å². The van der Waals surface area contributed by atoms with E-state index in [0.717, 1.165) is 31.4 Å². The Bertz CT molecular complexity index is 487. The lowest BCUT2D eigenvalue weighted by molar-refractivity contribution is -0.128. The number of carbonyl (C=O) groups is 2. The summed E-state index contributed by atoms with van der Waals surface area (Å²) in [5.74, 6) is -0.0438. The predicted octanol–water partition coefficient (Wildman–Crippen LogP) is 4.96. The van der Waals surface area contributed by atoms with Crippen molar-refractivity contribution in [3.63, 3.8) is 0 Å². The second kappa shape index (κ2) is 10.0. The van der Waals surface area contributed by atoms with E-state index in [2.05, 4.69) is 5.32 Å². The van der Waals surface area contributed by atoms with Crippen LogP contribution in [-0.2, 0) is 4.79 Å². The molecule has 23 heavy (non-hydrogen) atoms. The van der Waals surface area contributed by atoms with Gasteiger partial charge in [-0.3, -0.25) is 9.69 Å². The first-order valence-electron chi connectivity index (χ1n) is 8.94. The minimum atomic E-state index is -0.295. The Kier molecular flexibility index (Phi) is 7.64. The highest BCUT2D eigenvalue weighted by Gasteiger charge is 2.20. The largest absolute Gasteiger partial charge is 0.328 e. The number of nitrogens with one attached hydrogen (secondary N) is 1. The highest BCUT2D eigenvalue weighted by molar-refractivity contribution is 6.01. The third kappa shape index (κ3) is 6.43. The zero-order chi connectivity index (χ0) is 16.3. The molecule has 0 atom stereocenters. The zero-order valence-corrected chi connectivity index (χ0v) is 13.9. The van der Waals surface area contributed by atoms with Crippen LogP contribution in [0.15, 0.2) is 30.3 Å². The van der Waals surface area contributed by atoms with Crippen LogP contribution in [0.5, 0.6) is 0 Å². The summed E-state index contributed by atoms with van der Waals surface area (Å²) in [6.45, 7) is 0.525. The molecule has 0 spiro atoms. The summed E-state index contributed by atoms with van der Waals surface area (Å²) in [6.07, 6.45) is 10.7. The van der Waals surface area contributed by atoms with Crippen molar-refractivity contribution in [2.45, 2.75) is 64.2 Å². The maximum absolute atomic E-state index is 12.5. The van der Waals surface area contributed by atoms with Gasteiger partial charge in [-0.1, -0.05) is 63.1 Å². The quantitative estimate of drug-likeness (QED) is 0.796. The molecule has 1 fully saturated rings. The van der Waals surface area contributed by atoms with E-state index in [4.69, 9.17) is 0 Å². The molecule has 1 aliphatic heterocycles. The van der Waals surface area contributed by atoms with Crippen LogP contribution in [0.25, 0.3) is 0 Å². The predicted molar refractivity (Wildman–Crippen MR) is 93.3 cm³/mol. The topological polar surface area (TPSA) is 49.4 Å². The van der Waals surface area contributed by atoms with Gasteiger partial charge in [-0.15, -0.1) is 0 Å². The van der Waals surface area contributed by atoms with Gasteiger partial charge in [0.05, 0.1) is 0 Å². The highest BCUT2D eigenvalue weighted by Crippen LogP contribution is 2.15. The molecule has 0 radical (unpaired) electrons. The molecule has 1 aromatic carbocycles. The van der Waals surface area contributed by atoms with E-state index in [1.54, 1.807) is 0 Å². The molecule has 1 heterocycles. The SMILES string of the molecule is O=C1CCCCCCCCCCCN1C(=O)Nc1ccccc1. The van der Waals surface area contributed by atoms with Crippen molar-refractivity contribution >= 4 is 17.6 Å². The number of para-hydroxylation sites is 1. The maximum Gasteiger partial charge on any atom is 0.328 e. The van der Waals surface area contributed by atoms with Crippen LogP contribution in [0, 0.1) is 0 Å². The van der Waals surface area contributed by atoms with E-state index in [0.29, 0.717) is 13.0 Å².